The van der Waals surface area contributed by atoms with Crippen molar-refractivity contribution in [3.63, 3.8) is 0 Å². The first-order valence-corrected chi connectivity index (χ1v) is 9.42. The van der Waals surface area contributed by atoms with Crippen LogP contribution in [0.3, 0.4) is 0 Å². The third-order valence-corrected chi connectivity index (χ3v) is 4.51. The predicted molar refractivity (Wildman–Crippen MR) is 96.0 cm³/mol. The molecule has 0 N–H and O–H groups in total. The van der Waals surface area contributed by atoms with Gasteiger partial charge in [-0.25, -0.2) is 0 Å². The Hall–Kier alpha value is -0.530. The Balaban J connectivity index is 4.06. The lowest BCUT2D eigenvalue weighted by atomic mass is 9.86. The van der Waals surface area contributed by atoms with Crippen LogP contribution in [0.1, 0.15) is 106 Å². The molecule has 2 heteroatoms. The summed E-state index contributed by atoms with van der Waals surface area (Å²) in [7, 11) is 0. The van der Waals surface area contributed by atoms with Gasteiger partial charge in [-0.2, -0.15) is 0 Å². The molecule has 0 rings (SSSR count). The summed E-state index contributed by atoms with van der Waals surface area (Å²) >= 11 is 0. The normalized spacial score (nSPS) is 12.5. The summed E-state index contributed by atoms with van der Waals surface area (Å²) in [5.74, 6) is -0.0226. The van der Waals surface area contributed by atoms with Crippen molar-refractivity contribution in [2.24, 2.45) is 10.8 Å². The van der Waals surface area contributed by atoms with E-state index in [4.69, 9.17) is 4.74 Å². The minimum Gasteiger partial charge on any atom is -0.465 e. The summed E-state index contributed by atoms with van der Waals surface area (Å²) in [4.78, 5) is 12.3. The Bertz CT molecular complexity index is 292. The molecule has 0 bridgehead atoms. The summed E-state index contributed by atoms with van der Waals surface area (Å²) in [5, 5.41) is 0. The molecule has 0 atom stereocenters. The van der Waals surface area contributed by atoms with Crippen LogP contribution in [-0.2, 0) is 9.53 Å². The lowest BCUT2D eigenvalue weighted by Crippen LogP contribution is -2.30. The molecule has 0 aliphatic carbocycles. The molecule has 132 valence electrons. The summed E-state index contributed by atoms with van der Waals surface area (Å²) < 4.78 is 5.65. The van der Waals surface area contributed by atoms with Crippen LogP contribution in [0.15, 0.2) is 0 Å². The van der Waals surface area contributed by atoms with Gasteiger partial charge >= 0.3 is 5.97 Å². The van der Waals surface area contributed by atoms with Crippen molar-refractivity contribution in [3.05, 3.63) is 0 Å². The van der Waals surface area contributed by atoms with Gasteiger partial charge in [0.25, 0.3) is 0 Å². The van der Waals surface area contributed by atoms with Crippen LogP contribution in [0, 0.1) is 10.8 Å². The van der Waals surface area contributed by atoms with E-state index in [2.05, 4.69) is 27.7 Å². The van der Waals surface area contributed by atoms with Crippen LogP contribution in [0.4, 0.5) is 0 Å². The molecule has 0 saturated carbocycles. The fraction of sp³-hybridized carbons (Fsp3) is 0.950. The number of ether oxygens (including phenoxy) is 1. The topological polar surface area (TPSA) is 26.3 Å². The van der Waals surface area contributed by atoms with Gasteiger partial charge in [-0.3, -0.25) is 4.79 Å². The Labute approximate surface area is 139 Å². The minimum absolute atomic E-state index is 0.0226. The van der Waals surface area contributed by atoms with E-state index in [9.17, 15) is 4.79 Å². The Kier molecular flexibility index (Phi) is 10.8. The molecule has 0 aliphatic heterocycles. The molecular weight excluding hydrogens is 272 g/mol. The van der Waals surface area contributed by atoms with Crippen molar-refractivity contribution in [2.45, 2.75) is 106 Å². The van der Waals surface area contributed by atoms with E-state index in [1.807, 2.05) is 13.8 Å². The van der Waals surface area contributed by atoms with Gasteiger partial charge in [0.2, 0.25) is 0 Å². The summed E-state index contributed by atoms with van der Waals surface area (Å²) in [6.45, 7) is 13.5. The van der Waals surface area contributed by atoms with Crippen LogP contribution < -0.4 is 0 Å². The van der Waals surface area contributed by atoms with Gasteiger partial charge in [-0.1, -0.05) is 79.1 Å². The number of hydrogen-bond donors (Lipinski definition) is 0. The average molecular weight is 313 g/mol. The minimum atomic E-state index is -0.341. The van der Waals surface area contributed by atoms with Crippen LogP contribution in [0.5, 0.6) is 0 Å². The van der Waals surface area contributed by atoms with Gasteiger partial charge < -0.3 is 4.74 Å². The molecule has 0 aromatic carbocycles. The zero-order valence-electron chi connectivity index (χ0n) is 16.1. The largest absolute Gasteiger partial charge is 0.465 e. The second-order valence-electron chi connectivity index (χ2n) is 8.25. The monoisotopic (exact) mass is 312 g/mol. The molecule has 0 amide bonds. The number of carbonyl (C=O) groups excluding carboxylic acids is 1. The van der Waals surface area contributed by atoms with Crippen molar-refractivity contribution in [1.82, 2.24) is 0 Å². The maximum atomic E-state index is 12.3. The molecule has 22 heavy (non-hydrogen) atoms. The first kappa shape index (κ1) is 21.5. The maximum absolute atomic E-state index is 12.3. The number of esters is 1. The highest BCUT2D eigenvalue weighted by molar-refractivity contribution is 5.75. The third-order valence-electron chi connectivity index (χ3n) is 4.51. The predicted octanol–water partition coefficient (Wildman–Crippen LogP) is 6.52. The molecule has 0 spiro atoms. The maximum Gasteiger partial charge on any atom is 0.311 e. The van der Waals surface area contributed by atoms with Gasteiger partial charge in [0.1, 0.15) is 0 Å². The van der Waals surface area contributed by atoms with E-state index >= 15 is 0 Å². The Morgan fingerprint density at radius 2 is 1.27 bits per heavy atom. The quantitative estimate of drug-likeness (QED) is 0.286. The van der Waals surface area contributed by atoms with E-state index in [0.717, 1.165) is 19.3 Å². The first-order valence-electron chi connectivity index (χ1n) is 9.42. The van der Waals surface area contributed by atoms with Gasteiger partial charge in [0, 0.05) is 0 Å². The van der Waals surface area contributed by atoms with Crippen LogP contribution in [0.2, 0.25) is 0 Å². The smallest absolute Gasteiger partial charge is 0.311 e. The molecule has 0 radical (unpaired) electrons. The molecule has 0 aliphatic rings. The van der Waals surface area contributed by atoms with Crippen molar-refractivity contribution in [2.75, 3.05) is 6.61 Å². The van der Waals surface area contributed by atoms with E-state index in [1.165, 1.54) is 44.9 Å². The number of rotatable bonds is 13. The molecular formula is C20H40O2. The second-order valence-corrected chi connectivity index (χ2v) is 8.25. The third kappa shape index (κ3) is 10.2. The molecule has 0 fully saturated rings. The molecule has 2 nitrogen and oxygen atoms in total. The zero-order chi connectivity index (χ0) is 17.1. The standard InChI is InChI=1S/C20H40O2/c1-7-9-11-13-15-19(3,4)17-22-18(21)20(5,6)16-14-12-10-8-2/h7-17H2,1-6H3. The van der Waals surface area contributed by atoms with E-state index in [0.29, 0.717) is 6.61 Å². The molecule has 0 heterocycles. The van der Waals surface area contributed by atoms with Gasteiger partial charge in [0.15, 0.2) is 0 Å². The highest BCUT2D eigenvalue weighted by atomic mass is 16.5. The van der Waals surface area contributed by atoms with Crippen molar-refractivity contribution in [1.29, 1.82) is 0 Å². The molecule has 0 unspecified atom stereocenters. The van der Waals surface area contributed by atoms with Crippen molar-refractivity contribution >= 4 is 5.97 Å². The first-order chi connectivity index (χ1) is 10.2. The SMILES string of the molecule is CCCCCCC(C)(C)COC(=O)C(C)(C)CCCCCC. The van der Waals surface area contributed by atoms with Gasteiger partial charge in [-0.15, -0.1) is 0 Å². The van der Waals surface area contributed by atoms with Crippen LogP contribution >= 0.6 is 0 Å². The second kappa shape index (κ2) is 11.1. The Morgan fingerprint density at radius 1 is 0.773 bits per heavy atom. The molecule has 0 aromatic rings. The summed E-state index contributed by atoms with van der Waals surface area (Å²) in [6, 6.07) is 0. The van der Waals surface area contributed by atoms with Crippen LogP contribution in [0.25, 0.3) is 0 Å². The van der Waals surface area contributed by atoms with Gasteiger partial charge in [0.05, 0.1) is 12.0 Å². The summed E-state index contributed by atoms with van der Waals surface area (Å²) in [6.07, 6.45) is 12.0. The van der Waals surface area contributed by atoms with Crippen LogP contribution in [-0.4, -0.2) is 12.6 Å². The average Bonchev–Trinajstić information content (AvgIpc) is 2.46. The zero-order valence-corrected chi connectivity index (χ0v) is 16.1. The van der Waals surface area contributed by atoms with Gasteiger partial charge in [-0.05, 0) is 32.1 Å². The lowest BCUT2D eigenvalue weighted by molar-refractivity contribution is -0.157. The fourth-order valence-electron chi connectivity index (χ4n) is 2.65. The highest BCUT2D eigenvalue weighted by Crippen LogP contribution is 2.29. The fourth-order valence-corrected chi connectivity index (χ4v) is 2.65. The number of hydrogen-bond acceptors (Lipinski definition) is 2. The Morgan fingerprint density at radius 3 is 1.77 bits per heavy atom. The van der Waals surface area contributed by atoms with E-state index in [1.54, 1.807) is 0 Å². The highest BCUT2D eigenvalue weighted by Gasteiger charge is 2.30. The number of unbranched alkanes of at least 4 members (excludes halogenated alkanes) is 6. The van der Waals surface area contributed by atoms with Crippen molar-refractivity contribution < 1.29 is 9.53 Å². The van der Waals surface area contributed by atoms with E-state index in [-0.39, 0.29) is 16.8 Å². The number of carbonyl (C=O) groups is 1. The molecule has 0 aromatic heterocycles. The lowest BCUT2D eigenvalue weighted by Gasteiger charge is -2.28. The summed E-state index contributed by atoms with van der Waals surface area (Å²) in [5.41, 5.74) is -0.242. The molecule has 0 saturated heterocycles. The van der Waals surface area contributed by atoms with Crippen molar-refractivity contribution in [3.8, 4) is 0 Å². The van der Waals surface area contributed by atoms with E-state index < -0.39 is 0 Å².